The Bertz CT molecular complexity index is 2650. The monoisotopic (exact) mass is 1830 g/mol. The third kappa shape index (κ3) is 83.5. The fraction of sp³-hybridized carbons (Fsp3) is 0.848. The highest BCUT2D eigenvalue weighted by atomic mass is 31.2. The van der Waals surface area contributed by atoms with Crippen molar-refractivity contribution in [2.24, 2.45) is 0 Å². The van der Waals surface area contributed by atoms with Crippen LogP contribution in [0.25, 0.3) is 0 Å². The first kappa shape index (κ1) is 121. The molecule has 0 fully saturated rings. The van der Waals surface area contributed by atoms with Crippen LogP contribution in [0.1, 0.15) is 441 Å². The Morgan fingerprint density at radius 1 is 0.278 bits per heavy atom. The fourth-order valence-corrected chi connectivity index (χ4v) is 15.8. The number of phosphoric ester groups is 2. The molecule has 0 radical (unpaired) electrons. The van der Waals surface area contributed by atoms with Gasteiger partial charge in [0.2, 0.25) is 11.8 Å². The number of hydrogen-bond acceptors (Lipinski definition) is 19. The van der Waals surface area contributed by atoms with Crippen LogP contribution in [0.4, 0.5) is 4.79 Å². The average Bonchev–Trinajstić information content (AvgIpc) is 0.906. The molecule has 0 saturated carbocycles. The summed E-state index contributed by atoms with van der Waals surface area (Å²) < 4.78 is 84.7. The summed E-state index contributed by atoms with van der Waals surface area (Å²) in [7, 11) is -9.73. The molecule has 0 bridgehead atoms. The van der Waals surface area contributed by atoms with Gasteiger partial charge in [0.05, 0.1) is 77.8 Å². The van der Waals surface area contributed by atoms with Crippen molar-refractivity contribution in [1.82, 2.24) is 21.3 Å². The van der Waals surface area contributed by atoms with Crippen molar-refractivity contribution in [3.63, 3.8) is 0 Å². The van der Waals surface area contributed by atoms with E-state index in [0.29, 0.717) is 64.2 Å². The summed E-state index contributed by atoms with van der Waals surface area (Å²) in [5.41, 5.74) is 0. The predicted octanol–water partition coefficient (Wildman–Crippen LogP) is 25.0. The largest absolute Gasteiger partial charge is 0.472 e. The number of allylic oxidation sites excluding steroid dienone is 8. The third-order valence-corrected chi connectivity index (χ3v) is 23.8. The molecule has 0 aromatic heterocycles. The van der Waals surface area contributed by atoms with E-state index in [1.165, 1.54) is 77.0 Å². The van der Waals surface area contributed by atoms with Gasteiger partial charge >= 0.3 is 45.6 Å². The number of ether oxygens (including phenoxy) is 6. The molecule has 6 unspecified atom stereocenters. The fourth-order valence-electron chi connectivity index (χ4n) is 14.3. The molecular formula is C99H184N4O21P2. The maximum atomic E-state index is 14.0. The van der Waals surface area contributed by atoms with E-state index in [4.69, 9.17) is 46.5 Å². The summed E-state index contributed by atoms with van der Waals surface area (Å²) in [6.07, 6.45) is 67.2. The number of unbranched alkanes of at least 4 members (excludes halogenated alkanes) is 36. The minimum Gasteiger partial charge on any atom is -0.462 e. The van der Waals surface area contributed by atoms with Crippen LogP contribution in [-0.2, 0) is 84.4 Å². The minimum atomic E-state index is -4.86. The molecule has 4 amide bonds. The first-order valence-corrected chi connectivity index (χ1v) is 53.5. The van der Waals surface area contributed by atoms with Gasteiger partial charge < -0.3 is 59.5 Å². The van der Waals surface area contributed by atoms with Crippen LogP contribution in [-0.4, -0.2) is 154 Å². The Kier molecular flexibility index (Phi) is 86.0. The number of carbonyl (C=O) groups is 7. The Hall–Kier alpha value is -4.81. The summed E-state index contributed by atoms with van der Waals surface area (Å²) in [4.78, 5) is 116. The normalized spacial score (nSPS) is 14.2. The number of urea groups is 1. The highest BCUT2D eigenvalue weighted by molar-refractivity contribution is 7.47. The number of phosphoric acid groups is 2. The van der Waals surface area contributed by atoms with E-state index in [9.17, 15) is 52.5 Å². The van der Waals surface area contributed by atoms with Crippen LogP contribution in [0.5, 0.6) is 0 Å². The molecule has 736 valence electrons. The molecular weight excluding hydrogens is 1640 g/mol. The van der Waals surface area contributed by atoms with Crippen molar-refractivity contribution in [2.45, 2.75) is 477 Å². The summed E-state index contributed by atoms with van der Waals surface area (Å²) in [5.74, 6) is -2.30. The SMILES string of the molecule is CCCCCC/C=C\CCCC(=O)OC(CCCCCCC)CCOCC(COP(=O)(O)OCCNC(=O)NCCOP(=O)(O)OCC(COCCC(CCCCCCC)OC(=O)CCC/C=C\CCCCCC)NC(=O)C[C@@H](CCCCCCC)OC(=O)CCC/C=C\CCCCCC)NC(=O)C[C@@H](CCCCCCC)OC(=O)CCC/C=C\CCCCCC. The van der Waals surface area contributed by atoms with Gasteiger partial charge in [-0.2, -0.15) is 0 Å². The van der Waals surface area contributed by atoms with E-state index < -0.39 is 96.4 Å². The lowest BCUT2D eigenvalue weighted by Gasteiger charge is -2.23. The van der Waals surface area contributed by atoms with Crippen molar-refractivity contribution in [3.05, 3.63) is 48.6 Å². The Balaban J connectivity index is 6.38. The molecule has 0 heterocycles. The Morgan fingerprint density at radius 2 is 0.516 bits per heavy atom. The molecule has 0 aromatic rings. The lowest BCUT2D eigenvalue weighted by Crippen LogP contribution is -2.43. The molecule has 126 heavy (non-hydrogen) atoms. The molecule has 8 atom stereocenters. The molecule has 0 aliphatic rings. The van der Waals surface area contributed by atoms with Gasteiger partial charge in [-0.15, -0.1) is 0 Å². The zero-order valence-electron chi connectivity index (χ0n) is 80.6. The molecule has 25 nitrogen and oxygen atoms in total. The smallest absolute Gasteiger partial charge is 0.462 e. The molecule has 0 aliphatic carbocycles. The van der Waals surface area contributed by atoms with Gasteiger partial charge in [-0.05, 0) is 154 Å². The molecule has 0 saturated heterocycles. The molecule has 0 spiro atoms. The molecule has 0 rings (SSSR count). The lowest BCUT2D eigenvalue weighted by molar-refractivity contribution is -0.152. The second-order valence-corrected chi connectivity index (χ2v) is 37.1. The summed E-state index contributed by atoms with van der Waals surface area (Å²) in [6.45, 7) is 14.6. The predicted molar refractivity (Wildman–Crippen MR) is 509 cm³/mol. The van der Waals surface area contributed by atoms with Gasteiger partial charge in [-0.1, -0.05) is 284 Å². The molecule has 27 heteroatoms. The number of hydrogen-bond donors (Lipinski definition) is 6. The van der Waals surface area contributed by atoms with Crippen molar-refractivity contribution in [2.75, 3.05) is 65.9 Å². The molecule has 0 aromatic carbocycles. The topological polar surface area (TPSA) is 335 Å². The maximum Gasteiger partial charge on any atom is 0.472 e. The summed E-state index contributed by atoms with van der Waals surface area (Å²) in [6, 6.07) is -2.78. The van der Waals surface area contributed by atoms with Gasteiger partial charge in [0.25, 0.3) is 0 Å². The van der Waals surface area contributed by atoms with Crippen molar-refractivity contribution >= 4 is 57.4 Å². The van der Waals surface area contributed by atoms with E-state index >= 15 is 0 Å². The third-order valence-electron chi connectivity index (χ3n) is 21.8. The van der Waals surface area contributed by atoms with Crippen LogP contribution in [0, 0.1) is 0 Å². The maximum absolute atomic E-state index is 14.0. The van der Waals surface area contributed by atoms with Gasteiger partial charge in [-0.3, -0.25) is 46.9 Å². The number of carbonyl (C=O) groups excluding carboxylic acids is 7. The van der Waals surface area contributed by atoms with E-state index in [1.807, 2.05) is 0 Å². The molecule has 6 N–H and O–H groups in total. The van der Waals surface area contributed by atoms with Gasteiger partial charge in [0, 0.05) is 51.6 Å². The van der Waals surface area contributed by atoms with Crippen LogP contribution < -0.4 is 21.3 Å². The summed E-state index contributed by atoms with van der Waals surface area (Å²) in [5, 5.41) is 10.7. The highest BCUT2D eigenvalue weighted by Gasteiger charge is 2.30. The van der Waals surface area contributed by atoms with Gasteiger partial charge in [-0.25, -0.2) is 13.9 Å². The van der Waals surface area contributed by atoms with E-state index in [-0.39, 0.29) is 102 Å². The van der Waals surface area contributed by atoms with E-state index in [2.05, 4.69) is 125 Å². The standard InChI is InChI=1S/C99H184N4O21P2/c1-9-17-25-33-37-41-45-53-61-69-95(106)121-89(65-57-49-29-21-13-5)73-77-115-83-87(102-93(104)81-91(67-59-51-31-23-15-7)123-97(108)71-63-55-47-43-39-35-27-19-11-3)85-119-125(111,112)117-79-75-100-99(110)101-76-80-118-126(113,114)120-86-88(84-116-78-74-90(66-58-50-30-22-14-6)122-96(107)70-62-54-46-42-38-34-26-18-10-2)103-94(105)82-92(68-60-52-32-24-16-8)124-98(109)72-64-56-48-44-40-36-28-20-12-4/h41-48,87-92H,9-40,49-86H2,1-8H3,(H,102,104)(H,103,105)(H,111,112)(H,113,114)(H2,100,101,110)/b45-41-,46-42-,47-43-,48-44-/t87?,88?,89?,90?,91-,92-/m1/s1. The van der Waals surface area contributed by atoms with E-state index in [0.717, 1.165) is 205 Å². The quantitative estimate of drug-likeness (QED) is 0.0108. The van der Waals surface area contributed by atoms with Crippen LogP contribution >= 0.6 is 15.6 Å². The van der Waals surface area contributed by atoms with Crippen molar-refractivity contribution in [3.8, 4) is 0 Å². The first-order chi connectivity index (χ1) is 61.2. The highest BCUT2D eigenvalue weighted by Crippen LogP contribution is 2.44. The molecule has 0 aliphatic heterocycles. The van der Waals surface area contributed by atoms with Crippen LogP contribution in [0.3, 0.4) is 0 Å². The number of rotatable bonds is 94. The first-order valence-electron chi connectivity index (χ1n) is 50.6. The van der Waals surface area contributed by atoms with Gasteiger partial charge in [0.15, 0.2) is 0 Å². The zero-order chi connectivity index (χ0) is 92.6. The van der Waals surface area contributed by atoms with Crippen LogP contribution in [0.2, 0.25) is 0 Å². The average molecular weight is 1830 g/mol. The second-order valence-electron chi connectivity index (χ2n) is 34.2. The minimum absolute atomic E-state index is 0.132. The number of nitrogens with one attached hydrogen (secondary N) is 4. The second kappa shape index (κ2) is 89.4. The van der Waals surface area contributed by atoms with Gasteiger partial charge in [0.1, 0.15) is 24.4 Å². The Morgan fingerprint density at radius 3 is 0.786 bits per heavy atom. The van der Waals surface area contributed by atoms with Crippen molar-refractivity contribution in [1.29, 1.82) is 0 Å². The zero-order valence-corrected chi connectivity index (χ0v) is 82.4. The van der Waals surface area contributed by atoms with Crippen LogP contribution in [0.15, 0.2) is 48.6 Å². The van der Waals surface area contributed by atoms with E-state index in [1.54, 1.807) is 0 Å². The number of esters is 4. The Labute approximate surface area is 765 Å². The lowest BCUT2D eigenvalue weighted by atomic mass is 10.1. The summed E-state index contributed by atoms with van der Waals surface area (Å²) >= 11 is 0. The number of amides is 4. The van der Waals surface area contributed by atoms with Crippen molar-refractivity contribution < 1.29 is 99.0 Å².